The third-order valence-electron chi connectivity index (χ3n) is 6.50. The van der Waals surface area contributed by atoms with Gasteiger partial charge in [-0.3, -0.25) is 9.59 Å². The van der Waals surface area contributed by atoms with Crippen LogP contribution in [0.2, 0.25) is 0 Å². The summed E-state index contributed by atoms with van der Waals surface area (Å²) in [6.45, 7) is 5.86. The van der Waals surface area contributed by atoms with Gasteiger partial charge in [0.15, 0.2) is 0 Å². The second-order valence-electron chi connectivity index (χ2n) is 9.62. The summed E-state index contributed by atoms with van der Waals surface area (Å²) in [6.07, 6.45) is 11.8. The van der Waals surface area contributed by atoms with E-state index in [0.717, 1.165) is 38.8 Å². The Bertz CT molecular complexity index is 1420. The lowest BCUT2D eigenvalue weighted by atomic mass is 10.2. The van der Waals surface area contributed by atoms with Gasteiger partial charge in [0.25, 0.3) is 0 Å². The highest BCUT2D eigenvalue weighted by atomic mass is 16.5. The molecule has 2 amide bonds. The Morgan fingerprint density at radius 3 is 1.82 bits per heavy atom. The van der Waals surface area contributed by atoms with E-state index in [9.17, 15) is 9.59 Å². The van der Waals surface area contributed by atoms with E-state index in [0.29, 0.717) is 34.5 Å². The average molecular weight is 531 g/mol. The minimum absolute atomic E-state index is 0.162. The van der Waals surface area contributed by atoms with Crippen molar-refractivity contribution in [2.45, 2.75) is 52.6 Å². The van der Waals surface area contributed by atoms with Crippen molar-refractivity contribution in [3.05, 3.63) is 85.0 Å². The van der Waals surface area contributed by atoms with Crippen LogP contribution in [-0.2, 0) is 27.2 Å². The van der Waals surface area contributed by atoms with Gasteiger partial charge in [-0.2, -0.15) is 0 Å². The van der Waals surface area contributed by atoms with Crippen LogP contribution in [0.25, 0.3) is 0 Å². The Balaban J connectivity index is 1.39. The van der Waals surface area contributed by atoms with E-state index in [2.05, 4.69) is 24.5 Å². The first kappa shape index (κ1) is 27.6. The highest BCUT2D eigenvalue weighted by Crippen LogP contribution is 2.26. The lowest BCUT2D eigenvalue weighted by Gasteiger charge is -2.10. The number of ether oxygens (including phenoxy) is 1. The molecule has 0 fully saturated rings. The molecule has 2 heterocycles. The van der Waals surface area contributed by atoms with Gasteiger partial charge < -0.3 is 15.4 Å². The predicted octanol–water partition coefficient (Wildman–Crippen LogP) is 4.84. The number of hydrogen-bond acceptors (Lipinski definition) is 3. The van der Waals surface area contributed by atoms with E-state index in [1.807, 2.05) is 87.5 Å². The molecule has 0 radical (unpaired) electrons. The third-order valence-corrected chi connectivity index (χ3v) is 6.50. The molecular weight excluding hydrogens is 492 g/mol. The number of carbonyl (C=O) groups excluding carboxylic acids is 2. The Morgan fingerprint density at radius 2 is 1.28 bits per heavy atom. The molecular formula is C30H38N6O3+2. The summed E-state index contributed by atoms with van der Waals surface area (Å²) in [7, 11) is 3.74. The third kappa shape index (κ3) is 6.93. The first-order valence-electron chi connectivity index (χ1n) is 13.5. The van der Waals surface area contributed by atoms with Crippen LogP contribution in [0.5, 0.6) is 11.5 Å². The maximum Gasteiger partial charge on any atom is 0.348 e. The molecule has 9 heteroatoms. The molecule has 0 aliphatic carbocycles. The Kier molecular flexibility index (Phi) is 9.14. The van der Waals surface area contributed by atoms with E-state index in [-0.39, 0.29) is 11.8 Å². The SMILES string of the molecule is CCCCn1cc[n+](C)c1C(=O)Nc1ccc(Oc2cccc(NC(=O)c3n(CCCC)cc[n+]3C)c2)cc1. The van der Waals surface area contributed by atoms with Crippen molar-refractivity contribution in [3.63, 3.8) is 0 Å². The molecule has 2 aromatic heterocycles. The zero-order valence-electron chi connectivity index (χ0n) is 23.2. The Morgan fingerprint density at radius 1 is 0.744 bits per heavy atom. The largest absolute Gasteiger partial charge is 0.457 e. The molecule has 39 heavy (non-hydrogen) atoms. The number of imidazole rings is 2. The van der Waals surface area contributed by atoms with E-state index in [4.69, 9.17) is 4.74 Å². The van der Waals surface area contributed by atoms with Gasteiger partial charge >= 0.3 is 23.5 Å². The van der Waals surface area contributed by atoms with Crippen molar-refractivity contribution in [2.24, 2.45) is 14.1 Å². The number of aryl methyl sites for hydroxylation is 4. The minimum Gasteiger partial charge on any atom is -0.457 e. The van der Waals surface area contributed by atoms with Crippen molar-refractivity contribution in [3.8, 4) is 11.5 Å². The van der Waals surface area contributed by atoms with Crippen molar-refractivity contribution < 1.29 is 23.5 Å². The van der Waals surface area contributed by atoms with Gasteiger partial charge in [-0.1, -0.05) is 32.8 Å². The highest BCUT2D eigenvalue weighted by Gasteiger charge is 2.24. The molecule has 0 unspecified atom stereocenters. The van der Waals surface area contributed by atoms with Gasteiger partial charge in [0.1, 0.15) is 36.3 Å². The first-order chi connectivity index (χ1) is 18.9. The zero-order valence-corrected chi connectivity index (χ0v) is 23.2. The topological polar surface area (TPSA) is 85.1 Å². The number of hydrogen-bond donors (Lipinski definition) is 2. The monoisotopic (exact) mass is 530 g/mol. The lowest BCUT2D eigenvalue weighted by molar-refractivity contribution is -0.673. The normalized spacial score (nSPS) is 10.9. The quantitative estimate of drug-likeness (QED) is 0.257. The summed E-state index contributed by atoms with van der Waals surface area (Å²) in [5.74, 6) is 2.08. The number of nitrogens with zero attached hydrogens (tertiary/aromatic N) is 4. The van der Waals surface area contributed by atoms with Crippen LogP contribution < -0.4 is 24.5 Å². The molecule has 204 valence electrons. The fourth-order valence-electron chi connectivity index (χ4n) is 4.40. The van der Waals surface area contributed by atoms with Crippen LogP contribution in [0.3, 0.4) is 0 Å². The summed E-state index contributed by atoms with van der Waals surface area (Å²) in [5, 5.41) is 5.95. The average Bonchev–Trinajstić information content (AvgIpc) is 3.49. The number of anilines is 2. The van der Waals surface area contributed by atoms with Crippen LogP contribution in [0.4, 0.5) is 11.4 Å². The second kappa shape index (κ2) is 12.9. The van der Waals surface area contributed by atoms with Crippen LogP contribution in [0, 0.1) is 0 Å². The molecule has 0 saturated carbocycles. The van der Waals surface area contributed by atoms with Gasteiger partial charge in [-0.25, -0.2) is 18.3 Å². The van der Waals surface area contributed by atoms with Crippen molar-refractivity contribution in [2.75, 3.05) is 10.6 Å². The fraction of sp³-hybridized carbons (Fsp3) is 0.333. The highest BCUT2D eigenvalue weighted by molar-refractivity contribution is 6.01. The molecule has 4 rings (SSSR count). The summed E-state index contributed by atoms with van der Waals surface area (Å²) in [6, 6.07) is 14.5. The van der Waals surface area contributed by atoms with Gasteiger partial charge in [0.2, 0.25) is 0 Å². The number of unbranched alkanes of at least 4 members (excludes halogenated alkanes) is 2. The molecule has 2 N–H and O–H groups in total. The Hall–Kier alpha value is -4.40. The number of amides is 2. The fourth-order valence-corrected chi connectivity index (χ4v) is 4.40. The number of aromatic nitrogens is 4. The van der Waals surface area contributed by atoms with Crippen LogP contribution >= 0.6 is 0 Å². The molecule has 4 aromatic rings. The first-order valence-corrected chi connectivity index (χ1v) is 13.5. The van der Waals surface area contributed by atoms with Crippen molar-refractivity contribution >= 4 is 23.2 Å². The van der Waals surface area contributed by atoms with E-state index in [1.54, 1.807) is 18.2 Å². The van der Waals surface area contributed by atoms with Gasteiger partial charge in [0.05, 0.1) is 27.2 Å². The van der Waals surface area contributed by atoms with E-state index in [1.165, 1.54) is 0 Å². The number of carbonyl (C=O) groups is 2. The summed E-state index contributed by atoms with van der Waals surface area (Å²) < 4.78 is 13.6. The molecule has 0 atom stereocenters. The standard InChI is InChI=1S/C30H36N6O3/c1-5-7-16-35-20-18-33(3)29(35)27(37)31-23-12-14-25(15-13-23)39-26-11-9-10-24(22-26)32-28(38)30-34(4)19-21-36(30)17-8-6-2/h9-15,18-22H,5-8,16-17H2,1-4H3/p+2. The molecule has 0 aliphatic rings. The van der Waals surface area contributed by atoms with E-state index >= 15 is 0 Å². The summed E-state index contributed by atoms with van der Waals surface area (Å²) >= 11 is 0. The smallest absolute Gasteiger partial charge is 0.348 e. The molecule has 0 bridgehead atoms. The van der Waals surface area contributed by atoms with Gasteiger partial charge in [-0.15, -0.1) is 0 Å². The van der Waals surface area contributed by atoms with Crippen molar-refractivity contribution in [1.29, 1.82) is 0 Å². The molecule has 9 nitrogen and oxygen atoms in total. The van der Waals surface area contributed by atoms with Gasteiger partial charge in [0, 0.05) is 17.4 Å². The maximum absolute atomic E-state index is 13.0. The van der Waals surface area contributed by atoms with Crippen LogP contribution in [0.15, 0.2) is 73.3 Å². The van der Waals surface area contributed by atoms with Crippen molar-refractivity contribution in [1.82, 2.24) is 9.13 Å². The molecule has 0 spiro atoms. The van der Waals surface area contributed by atoms with E-state index < -0.39 is 0 Å². The van der Waals surface area contributed by atoms with Gasteiger partial charge in [-0.05, 0) is 49.2 Å². The summed E-state index contributed by atoms with van der Waals surface area (Å²) in [5.41, 5.74) is 1.32. The maximum atomic E-state index is 13.0. The number of benzene rings is 2. The molecule has 2 aromatic carbocycles. The summed E-state index contributed by atoms with van der Waals surface area (Å²) in [4.78, 5) is 26.0. The Labute approximate surface area is 229 Å². The second-order valence-corrected chi connectivity index (χ2v) is 9.62. The molecule has 0 saturated heterocycles. The predicted molar refractivity (Wildman–Crippen MR) is 150 cm³/mol. The van der Waals surface area contributed by atoms with Crippen LogP contribution in [0.1, 0.15) is 60.8 Å². The minimum atomic E-state index is -0.176. The lowest BCUT2D eigenvalue weighted by Crippen LogP contribution is -2.37. The zero-order chi connectivity index (χ0) is 27.8. The number of nitrogens with one attached hydrogen (secondary N) is 2. The molecule has 0 aliphatic heterocycles. The number of rotatable bonds is 12. The van der Waals surface area contributed by atoms with Crippen LogP contribution in [-0.4, -0.2) is 20.9 Å².